The zero-order valence-electron chi connectivity index (χ0n) is 17.4. The Morgan fingerprint density at radius 2 is 1.71 bits per heavy atom. The van der Waals surface area contributed by atoms with Crippen molar-refractivity contribution in [2.75, 3.05) is 14.2 Å². The second kappa shape index (κ2) is 10.3. The maximum atomic E-state index is 12.8. The van der Waals surface area contributed by atoms with E-state index in [1.807, 2.05) is 31.2 Å². The Kier molecular flexibility index (Phi) is 7.49. The molecule has 0 fully saturated rings. The third-order valence-electron chi connectivity index (χ3n) is 4.16. The second-order valence-corrected chi connectivity index (χ2v) is 7.79. The highest BCUT2D eigenvalue weighted by atomic mass is 35.5. The summed E-state index contributed by atoms with van der Waals surface area (Å²) in [5, 5.41) is 4.54. The lowest BCUT2D eigenvalue weighted by atomic mass is 10.1. The molecule has 3 aromatic rings. The zero-order chi connectivity index (χ0) is 22.4. The average Bonchev–Trinajstić information content (AvgIpc) is 2.77. The number of halogens is 1. The van der Waals surface area contributed by atoms with Gasteiger partial charge in [-0.3, -0.25) is 0 Å². The van der Waals surface area contributed by atoms with E-state index in [2.05, 4.69) is 15.1 Å². The molecule has 2 aromatic carbocycles. The average molecular weight is 458 g/mol. The van der Waals surface area contributed by atoms with Crippen molar-refractivity contribution in [2.45, 2.75) is 23.9 Å². The fourth-order valence-corrected chi connectivity index (χ4v) is 3.82. The Morgan fingerprint density at radius 3 is 2.35 bits per heavy atom. The van der Waals surface area contributed by atoms with E-state index in [1.54, 1.807) is 31.2 Å². The summed E-state index contributed by atoms with van der Waals surface area (Å²) in [5.74, 6) is -0.0206. The SMILES string of the molecule is COc1cc(OC)nc(Sc2cccc(Cl)c2C(=O)O/N=C(\C)c2cccc(C)c2)n1. The number of hydrogen-bond acceptors (Lipinski definition) is 8. The third-order valence-corrected chi connectivity index (χ3v) is 5.40. The molecule has 0 bridgehead atoms. The van der Waals surface area contributed by atoms with E-state index in [0.717, 1.165) is 22.9 Å². The number of carbonyl (C=O) groups excluding carboxylic acids is 1. The van der Waals surface area contributed by atoms with Gasteiger partial charge >= 0.3 is 5.97 Å². The molecule has 3 rings (SSSR count). The normalized spacial score (nSPS) is 11.2. The van der Waals surface area contributed by atoms with E-state index >= 15 is 0 Å². The molecule has 1 heterocycles. The van der Waals surface area contributed by atoms with Crippen molar-refractivity contribution >= 4 is 35.0 Å². The van der Waals surface area contributed by atoms with E-state index in [1.165, 1.54) is 14.2 Å². The molecule has 160 valence electrons. The van der Waals surface area contributed by atoms with Crippen LogP contribution in [0.2, 0.25) is 5.02 Å². The number of oxime groups is 1. The van der Waals surface area contributed by atoms with Gasteiger partial charge in [0.25, 0.3) is 0 Å². The fraction of sp³-hybridized carbons (Fsp3) is 0.182. The van der Waals surface area contributed by atoms with Crippen molar-refractivity contribution in [1.29, 1.82) is 0 Å². The maximum absolute atomic E-state index is 12.8. The van der Waals surface area contributed by atoms with Crippen LogP contribution in [0.5, 0.6) is 11.8 Å². The molecule has 0 aliphatic rings. The molecule has 7 nitrogen and oxygen atoms in total. The molecular weight excluding hydrogens is 438 g/mol. The number of hydrogen-bond donors (Lipinski definition) is 0. The number of aromatic nitrogens is 2. The number of benzene rings is 2. The van der Waals surface area contributed by atoms with Gasteiger partial charge in [-0.05, 0) is 43.3 Å². The van der Waals surface area contributed by atoms with Gasteiger partial charge < -0.3 is 14.3 Å². The Labute approximate surface area is 189 Å². The summed E-state index contributed by atoms with van der Waals surface area (Å²) in [6, 6.07) is 14.3. The van der Waals surface area contributed by atoms with E-state index in [4.69, 9.17) is 25.9 Å². The van der Waals surface area contributed by atoms with Gasteiger partial charge in [-0.2, -0.15) is 9.97 Å². The first kappa shape index (κ1) is 22.6. The van der Waals surface area contributed by atoms with Crippen LogP contribution in [0.3, 0.4) is 0 Å². The van der Waals surface area contributed by atoms with E-state index in [9.17, 15) is 4.79 Å². The van der Waals surface area contributed by atoms with Gasteiger partial charge in [0.05, 0.1) is 36.6 Å². The van der Waals surface area contributed by atoms with Gasteiger partial charge in [0.1, 0.15) is 0 Å². The van der Waals surface area contributed by atoms with Gasteiger partial charge in [-0.1, -0.05) is 52.7 Å². The van der Waals surface area contributed by atoms with Gasteiger partial charge in [-0.15, -0.1) is 0 Å². The molecule has 31 heavy (non-hydrogen) atoms. The van der Waals surface area contributed by atoms with Crippen LogP contribution in [0.25, 0.3) is 0 Å². The molecule has 0 saturated carbocycles. The van der Waals surface area contributed by atoms with Crippen LogP contribution < -0.4 is 9.47 Å². The number of ether oxygens (including phenoxy) is 2. The highest BCUT2D eigenvalue weighted by molar-refractivity contribution is 7.99. The highest BCUT2D eigenvalue weighted by Gasteiger charge is 2.20. The largest absolute Gasteiger partial charge is 0.481 e. The Balaban J connectivity index is 1.87. The van der Waals surface area contributed by atoms with Crippen LogP contribution in [0.15, 0.2) is 63.7 Å². The summed E-state index contributed by atoms with van der Waals surface area (Å²) in [4.78, 5) is 27.1. The van der Waals surface area contributed by atoms with Gasteiger partial charge in [0.15, 0.2) is 5.16 Å². The summed E-state index contributed by atoms with van der Waals surface area (Å²) in [7, 11) is 2.99. The molecule has 0 atom stereocenters. The summed E-state index contributed by atoms with van der Waals surface area (Å²) in [6.07, 6.45) is 0. The van der Waals surface area contributed by atoms with Crippen LogP contribution in [0, 0.1) is 6.92 Å². The van der Waals surface area contributed by atoms with Crippen LogP contribution in [0.1, 0.15) is 28.4 Å². The molecule has 1 aromatic heterocycles. The van der Waals surface area contributed by atoms with Crippen molar-refractivity contribution in [3.8, 4) is 11.8 Å². The van der Waals surface area contributed by atoms with Crippen molar-refractivity contribution < 1.29 is 19.1 Å². The van der Waals surface area contributed by atoms with Crippen molar-refractivity contribution in [2.24, 2.45) is 5.16 Å². The minimum Gasteiger partial charge on any atom is -0.481 e. The number of rotatable bonds is 7. The quantitative estimate of drug-likeness (QED) is 0.209. The monoisotopic (exact) mass is 457 g/mol. The predicted molar refractivity (Wildman–Crippen MR) is 120 cm³/mol. The summed E-state index contributed by atoms with van der Waals surface area (Å²) >= 11 is 7.44. The van der Waals surface area contributed by atoms with E-state index in [-0.39, 0.29) is 10.6 Å². The summed E-state index contributed by atoms with van der Waals surface area (Å²) in [6.45, 7) is 3.74. The number of aryl methyl sites for hydroxylation is 1. The fourth-order valence-electron chi connectivity index (χ4n) is 2.60. The molecule has 0 aliphatic heterocycles. The zero-order valence-corrected chi connectivity index (χ0v) is 19.0. The molecular formula is C22H20ClN3O4S. The molecule has 0 unspecified atom stereocenters. The molecule has 0 aliphatic carbocycles. The Hall–Kier alpha value is -3.10. The van der Waals surface area contributed by atoms with Crippen molar-refractivity contribution in [3.63, 3.8) is 0 Å². The molecule has 0 radical (unpaired) electrons. The predicted octanol–water partition coefficient (Wildman–Crippen LogP) is 5.19. The molecule has 0 saturated heterocycles. The van der Waals surface area contributed by atoms with Gasteiger partial charge in [0, 0.05) is 4.90 Å². The molecule has 0 amide bonds. The van der Waals surface area contributed by atoms with Crippen molar-refractivity contribution in [1.82, 2.24) is 9.97 Å². The first-order valence-electron chi connectivity index (χ1n) is 9.17. The standard InChI is InChI=1S/C22H20ClN3O4S/c1-13-7-5-8-15(11-13)14(2)26-30-21(27)20-16(23)9-6-10-17(20)31-22-24-18(28-3)12-19(25-22)29-4/h5-12H,1-4H3/b26-14+. The van der Waals surface area contributed by atoms with E-state index in [0.29, 0.717) is 27.5 Å². The highest BCUT2D eigenvalue weighted by Crippen LogP contribution is 2.34. The van der Waals surface area contributed by atoms with Gasteiger partial charge in [-0.25, -0.2) is 4.79 Å². The first-order valence-corrected chi connectivity index (χ1v) is 10.4. The topological polar surface area (TPSA) is 82.9 Å². The number of carbonyl (C=O) groups is 1. The van der Waals surface area contributed by atoms with Crippen LogP contribution in [0.4, 0.5) is 0 Å². The molecule has 0 spiro atoms. The van der Waals surface area contributed by atoms with Crippen LogP contribution >= 0.6 is 23.4 Å². The lowest BCUT2D eigenvalue weighted by Gasteiger charge is -2.10. The maximum Gasteiger partial charge on any atom is 0.368 e. The molecule has 9 heteroatoms. The smallest absolute Gasteiger partial charge is 0.368 e. The Bertz CT molecular complexity index is 1120. The summed E-state index contributed by atoms with van der Waals surface area (Å²) < 4.78 is 10.3. The minimum atomic E-state index is -0.685. The van der Waals surface area contributed by atoms with Crippen molar-refractivity contribution in [3.05, 3.63) is 70.2 Å². The lowest BCUT2D eigenvalue weighted by molar-refractivity contribution is 0.0512. The van der Waals surface area contributed by atoms with Gasteiger partial charge in [0.2, 0.25) is 11.8 Å². The molecule has 0 N–H and O–H groups in total. The second-order valence-electron chi connectivity index (χ2n) is 6.38. The van der Waals surface area contributed by atoms with E-state index < -0.39 is 5.97 Å². The lowest BCUT2D eigenvalue weighted by Crippen LogP contribution is -2.07. The van der Waals surface area contributed by atoms with Crippen LogP contribution in [-0.2, 0) is 4.84 Å². The van der Waals surface area contributed by atoms with Crippen LogP contribution in [-0.4, -0.2) is 35.9 Å². The number of nitrogens with zero attached hydrogens (tertiary/aromatic N) is 3. The third kappa shape index (κ3) is 5.74. The first-order chi connectivity index (χ1) is 14.9. The summed E-state index contributed by atoms with van der Waals surface area (Å²) in [5.41, 5.74) is 2.68. The minimum absolute atomic E-state index is 0.167. The Morgan fingerprint density at radius 1 is 1.03 bits per heavy atom. The number of methoxy groups -OCH3 is 2.